The Kier molecular flexibility index (Phi) is 13.6. The van der Waals surface area contributed by atoms with Crippen LogP contribution in [0.25, 0.3) is 0 Å². The summed E-state index contributed by atoms with van der Waals surface area (Å²) in [6, 6.07) is 0. The topological polar surface area (TPSA) is 63.6 Å². The smallest absolute Gasteiger partial charge is 0.417 e. The van der Waals surface area contributed by atoms with E-state index in [0.29, 0.717) is 0 Å². The van der Waals surface area contributed by atoms with Gasteiger partial charge in [0.2, 0.25) is 0 Å². The number of hydrogen-bond donors (Lipinski definition) is 1. The van der Waals surface area contributed by atoms with Gasteiger partial charge < -0.3 is 9.84 Å². The van der Waals surface area contributed by atoms with Gasteiger partial charge in [0.25, 0.3) is 0 Å². The highest BCUT2D eigenvalue weighted by Gasteiger charge is 2.11. The van der Waals surface area contributed by atoms with E-state index < -0.39 is 11.9 Å². The van der Waals surface area contributed by atoms with E-state index in [1.165, 1.54) is 57.8 Å². The molecule has 0 heterocycles. The summed E-state index contributed by atoms with van der Waals surface area (Å²) >= 11 is 0. The maximum atomic E-state index is 10.6. The number of carboxylic acid groups (broad SMARTS) is 1. The fourth-order valence-corrected chi connectivity index (χ4v) is 2.17. The molecule has 0 spiro atoms. The maximum absolute atomic E-state index is 10.6. The molecule has 0 saturated carbocycles. The second-order valence-electron chi connectivity index (χ2n) is 5.33. The molecule has 0 aromatic heterocycles. The predicted molar refractivity (Wildman–Crippen MR) is 79.7 cm³/mol. The molecule has 4 nitrogen and oxygen atoms in total. The first-order valence-corrected chi connectivity index (χ1v) is 8.08. The van der Waals surface area contributed by atoms with Gasteiger partial charge in [0.1, 0.15) is 0 Å². The summed E-state index contributed by atoms with van der Waals surface area (Å²) in [5.74, 6) is -2.66. The van der Waals surface area contributed by atoms with E-state index in [4.69, 9.17) is 5.11 Å². The van der Waals surface area contributed by atoms with Crippen LogP contribution < -0.4 is 0 Å². The van der Waals surface area contributed by atoms with Gasteiger partial charge in [-0.25, -0.2) is 9.59 Å². The molecule has 0 rings (SSSR count). The van der Waals surface area contributed by atoms with Crippen LogP contribution in [-0.4, -0.2) is 23.7 Å². The highest BCUT2D eigenvalue weighted by molar-refractivity contribution is 6.28. The molecule has 0 saturated heterocycles. The molecule has 0 aliphatic carbocycles. The average Bonchev–Trinajstić information content (AvgIpc) is 2.43. The summed E-state index contributed by atoms with van der Waals surface area (Å²) in [6.07, 6.45) is 14.9. The van der Waals surface area contributed by atoms with E-state index in [1.807, 2.05) is 0 Å². The van der Waals surface area contributed by atoms with Gasteiger partial charge in [-0.1, -0.05) is 77.6 Å². The molecule has 0 amide bonds. The van der Waals surface area contributed by atoms with E-state index in [-0.39, 0.29) is 6.61 Å². The molecule has 0 aromatic rings. The Morgan fingerprint density at radius 3 is 1.55 bits per heavy atom. The first kappa shape index (κ1) is 18.9. The summed E-state index contributed by atoms with van der Waals surface area (Å²) in [4.78, 5) is 20.8. The van der Waals surface area contributed by atoms with Crippen molar-refractivity contribution in [1.29, 1.82) is 0 Å². The normalized spacial score (nSPS) is 10.4. The number of unbranched alkanes of at least 4 members (excludes halogenated alkanes) is 11. The molecule has 1 N–H and O–H groups in total. The number of ether oxygens (including phenoxy) is 1. The lowest BCUT2D eigenvalue weighted by atomic mass is 10.1. The van der Waals surface area contributed by atoms with Gasteiger partial charge in [0.05, 0.1) is 6.61 Å². The monoisotopic (exact) mass is 286 g/mol. The van der Waals surface area contributed by atoms with Crippen molar-refractivity contribution >= 4 is 11.9 Å². The number of esters is 1. The third-order valence-electron chi connectivity index (χ3n) is 3.41. The van der Waals surface area contributed by atoms with Gasteiger partial charge >= 0.3 is 11.9 Å². The number of rotatable bonds is 13. The molecule has 0 aliphatic rings. The minimum Gasteiger partial charge on any atom is -0.473 e. The summed E-state index contributed by atoms with van der Waals surface area (Å²) < 4.78 is 4.56. The molecular formula is C16H30O4. The van der Waals surface area contributed by atoms with Crippen molar-refractivity contribution in [3.8, 4) is 0 Å². The van der Waals surface area contributed by atoms with Crippen molar-refractivity contribution < 1.29 is 19.4 Å². The lowest BCUT2D eigenvalue weighted by Gasteiger charge is -2.03. The molecule has 0 fully saturated rings. The zero-order chi connectivity index (χ0) is 15.1. The number of carboxylic acids is 1. The SMILES string of the molecule is CCCCCCCCCCCCCCOC(=O)C(=O)O. The van der Waals surface area contributed by atoms with Gasteiger partial charge in [0, 0.05) is 0 Å². The fraction of sp³-hybridized carbons (Fsp3) is 0.875. The van der Waals surface area contributed by atoms with E-state index in [1.54, 1.807) is 0 Å². The Morgan fingerprint density at radius 2 is 1.15 bits per heavy atom. The second-order valence-corrected chi connectivity index (χ2v) is 5.33. The van der Waals surface area contributed by atoms with Crippen LogP contribution in [0.5, 0.6) is 0 Å². The Labute approximate surface area is 122 Å². The standard InChI is InChI=1S/C16H30O4/c1-2-3-4-5-6-7-8-9-10-11-12-13-14-20-16(19)15(17)18/h2-14H2,1H3,(H,17,18). The maximum Gasteiger partial charge on any atom is 0.417 e. The molecule has 20 heavy (non-hydrogen) atoms. The quantitative estimate of drug-likeness (QED) is 0.311. The summed E-state index contributed by atoms with van der Waals surface area (Å²) in [5, 5.41) is 8.30. The van der Waals surface area contributed by atoms with Gasteiger partial charge in [-0.2, -0.15) is 0 Å². The molecule has 0 atom stereocenters. The molecule has 0 unspecified atom stereocenters. The molecule has 118 valence electrons. The Bertz CT molecular complexity index is 251. The van der Waals surface area contributed by atoms with Gasteiger partial charge in [-0.15, -0.1) is 0 Å². The molecular weight excluding hydrogens is 256 g/mol. The van der Waals surface area contributed by atoms with E-state index >= 15 is 0 Å². The van der Waals surface area contributed by atoms with Crippen molar-refractivity contribution in [3.05, 3.63) is 0 Å². The minimum atomic E-state index is -1.51. The largest absolute Gasteiger partial charge is 0.473 e. The van der Waals surface area contributed by atoms with Crippen molar-refractivity contribution in [2.75, 3.05) is 6.61 Å². The van der Waals surface area contributed by atoms with E-state index in [2.05, 4.69) is 11.7 Å². The van der Waals surface area contributed by atoms with E-state index in [0.717, 1.165) is 19.3 Å². The molecule has 0 aliphatic heterocycles. The zero-order valence-electron chi connectivity index (χ0n) is 12.9. The van der Waals surface area contributed by atoms with Crippen LogP contribution in [0.4, 0.5) is 0 Å². The molecule has 4 heteroatoms. The van der Waals surface area contributed by atoms with E-state index in [9.17, 15) is 9.59 Å². The number of carbonyl (C=O) groups is 2. The first-order valence-electron chi connectivity index (χ1n) is 8.08. The highest BCUT2D eigenvalue weighted by atomic mass is 16.6. The van der Waals surface area contributed by atoms with Crippen LogP contribution in [0.15, 0.2) is 0 Å². The van der Waals surface area contributed by atoms with Crippen molar-refractivity contribution in [2.45, 2.75) is 84.0 Å². The number of hydrogen-bond acceptors (Lipinski definition) is 3. The van der Waals surface area contributed by atoms with Gasteiger partial charge in [-0.3, -0.25) is 0 Å². The van der Waals surface area contributed by atoms with Crippen LogP contribution in [0.3, 0.4) is 0 Å². The minimum absolute atomic E-state index is 0.225. The van der Waals surface area contributed by atoms with Crippen molar-refractivity contribution in [2.24, 2.45) is 0 Å². The van der Waals surface area contributed by atoms with Crippen molar-refractivity contribution in [3.63, 3.8) is 0 Å². The lowest BCUT2D eigenvalue weighted by Crippen LogP contribution is -2.16. The Balaban J connectivity index is 3.06. The fourth-order valence-electron chi connectivity index (χ4n) is 2.17. The number of aliphatic carboxylic acids is 1. The first-order chi connectivity index (χ1) is 9.68. The third-order valence-corrected chi connectivity index (χ3v) is 3.41. The third kappa shape index (κ3) is 13.4. The summed E-state index contributed by atoms with van der Waals surface area (Å²) in [6.45, 7) is 2.46. The lowest BCUT2D eigenvalue weighted by molar-refractivity contribution is -0.163. The summed E-state index contributed by atoms with van der Waals surface area (Å²) in [7, 11) is 0. The Hall–Kier alpha value is -1.06. The van der Waals surface area contributed by atoms with Gasteiger partial charge in [0.15, 0.2) is 0 Å². The molecule has 0 bridgehead atoms. The second kappa shape index (κ2) is 14.4. The average molecular weight is 286 g/mol. The Morgan fingerprint density at radius 1 is 0.750 bits per heavy atom. The molecule has 0 aromatic carbocycles. The van der Waals surface area contributed by atoms with Crippen LogP contribution in [-0.2, 0) is 14.3 Å². The molecule has 0 radical (unpaired) electrons. The van der Waals surface area contributed by atoms with Crippen LogP contribution in [0.2, 0.25) is 0 Å². The predicted octanol–water partition coefficient (Wildman–Crippen LogP) is 4.32. The van der Waals surface area contributed by atoms with Gasteiger partial charge in [-0.05, 0) is 6.42 Å². The van der Waals surface area contributed by atoms with Crippen molar-refractivity contribution in [1.82, 2.24) is 0 Å². The van der Waals surface area contributed by atoms with Crippen LogP contribution >= 0.6 is 0 Å². The zero-order valence-corrected chi connectivity index (χ0v) is 12.9. The highest BCUT2D eigenvalue weighted by Crippen LogP contribution is 2.11. The summed E-state index contributed by atoms with van der Waals surface area (Å²) in [5.41, 5.74) is 0. The number of carbonyl (C=O) groups excluding carboxylic acids is 1. The van der Waals surface area contributed by atoms with Crippen LogP contribution in [0.1, 0.15) is 84.0 Å². The van der Waals surface area contributed by atoms with Crippen LogP contribution in [0, 0.1) is 0 Å².